The highest BCUT2D eigenvalue weighted by Crippen LogP contribution is 2.36. The van der Waals surface area contributed by atoms with Crippen LogP contribution in [0.25, 0.3) is 0 Å². The van der Waals surface area contributed by atoms with E-state index < -0.39 is 0 Å². The Bertz CT molecular complexity index is 237. The first kappa shape index (κ1) is 13.7. The van der Waals surface area contributed by atoms with Crippen molar-refractivity contribution in [3.05, 3.63) is 0 Å². The average molecular weight is 225 g/mol. The number of ketones is 1. The first-order valence-corrected chi connectivity index (χ1v) is 6.63. The zero-order chi connectivity index (χ0) is 12.3. The van der Waals surface area contributed by atoms with Crippen molar-refractivity contribution in [1.29, 1.82) is 0 Å². The monoisotopic (exact) mass is 225 g/mol. The van der Waals surface area contributed by atoms with Crippen LogP contribution < -0.4 is 5.73 Å². The van der Waals surface area contributed by atoms with Gasteiger partial charge in [0.1, 0.15) is 5.78 Å². The van der Waals surface area contributed by atoms with Gasteiger partial charge in [0, 0.05) is 17.4 Å². The van der Waals surface area contributed by atoms with E-state index in [-0.39, 0.29) is 11.3 Å². The molecule has 0 radical (unpaired) electrons. The summed E-state index contributed by atoms with van der Waals surface area (Å²) in [6.45, 7) is 8.20. The van der Waals surface area contributed by atoms with Crippen molar-refractivity contribution in [3.63, 3.8) is 0 Å². The van der Waals surface area contributed by atoms with E-state index in [2.05, 4.69) is 13.8 Å². The summed E-state index contributed by atoms with van der Waals surface area (Å²) in [5.41, 5.74) is 5.75. The SMILES string of the molecule is CC(C)C(=O)C(C)(C)CC1CCC(N)CC1. The smallest absolute Gasteiger partial charge is 0.141 e. The summed E-state index contributed by atoms with van der Waals surface area (Å²) in [6, 6.07) is 0.403. The molecule has 2 heteroatoms. The van der Waals surface area contributed by atoms with Gasteiger partial charge in [0.2, 0.25) is 0 Å². The van der Waals surface area contributed by atoms with Crippen LogP contribution in [0.1, 0.15) is 59.8 Å². The Labute approximate surface area is 100.0 Å². The lowest BCUT2D eigenvalue weighted by molar-refractivity contribution is -0.131. The highest BCUT2D eigenvalue weighted by Gasteiger charge is 2.33. The molecule has 0 bridgehead atoms. The van der Waals surface area contributed by atoms with Crippen LogP contribution in [0.4, 0.5) is 0 Å². The Hall–Kier alpha value is -0.370. The van der Waals surface area contributed by atoms with Crippen molar-refractivity contribution in [3.8, 4) is 0 Å². The van der Waals surface area contributed by atoms with Crippen LogP contribution >= 0.6 is 0 Å². The summed E-state index contributed by atoms with van der Waals surface area (Å²) in [7, 11) is 0. The molecule has 1 saturated carbocycles. The van der Waals surface area contributed by atoms with Gasteiger partial charge in [-0.2, -0.15) is 0 Å². The maximum Gasteiger partial charge on any atom is 0.141 e. The Balaban J connectivity index is 2.49. The lowest BCUT2D eigenvalue weighted by Crippen LogP contribution is -2.33. The number of hydrogen-bond donors (Lipinski definition) is 1. The standard InChI is InChI=1S/C14H27NO/c1-10(2)13(16)14(3,4)9-11-5-7-12(15)8-6-11/h10-12H,5-9,15H2,1-4H3. The average Bonchev–Trinajstić information content (AvgIpc) is 2.20. The Morgan fingerprint density at radius 1 is 1.25 bits per heavy atom. The van der Waals surface area contributed by atoms with E-state index in [9.17, 15) is 4.79 Å². The minimum Gasteiger partial charge on any atom is -0.328 e. The van der Waals surface area contributed by atoms with E-state index in [1.54, 1.807) is 0 Å². The summed E-state index contributed by atoms with van der Waals surface area (Å²) < 4.78 is 0. The molecule has 0 aromatic heterocycles. The number of Topliss-reactive ketones (excluding diaryl/α,β-unsaturated/α-hetero) is 1. The van der Waals surface area contributed by atoms with Gasteiger partial charge in [-0.15, -0.1) is 0 Å². The van der Waals surface area contributed by atoms with Crippen LogP contribution in [0.2, 0.25) is 0 Å². The molecule has 0 spiro atoms. The second kappa shape index (κ2) is 5.31. The molecule has 16 heavy (non-hydrogen) atoms. The largest absolute Gasteiger partial charge is 0.328 e. The van der Waals surface area contributed by atoms with Crippen molar-refractivity contribution >= 4 is 5.78 Å². The molecule has 1 rings (SSSR count). The highest BCUT2D eigenvalue weighted by molar-refractivity contribution is 5.85. The molecule has 0 saturated heterocycles. The number of carbonyl (C=O) groups excluding carboxylic acids is 1. The molecule has 2 N–H and O–H groups in total. The van der Waals surface area contributed by atoms with Gasteiger partial charge < -0.3 is 5.73 Å². The van der Waals surface area contributed by atoms with E-state index >= 15 is 0 Å². The minimum absolute atomic E-state index is 0.153. The van der Waals surface area contributed by atoms with Gasteiger partial charge in [-0.05, 0) is 38.0 Å². The van der Waals surface area contributed by atoms with Crippen molar-refractivity contribution in [2.75, 3.05) is 0 Å². The summed E-state index contributed by atoms with van der Waals surface area (Å²) >= 11 is 0. The maximum atomic E-state index is 12.1. The third-order valence-electron chi connectivity index (χ3n) is 3.88. The molecular formula is C14H27NO. The van der Waals surface area contributed by atoms with Gasteiger partial charge >= 0.3 is 0 Å². The topological polar surface area (TPSA) is 43.1 Å². The van der Waals surface area contributed by atoms with Gasteiger partial charge in [-0.1, -0.05) is 27.7 Å². The molecule has 0 aromatic rings. The first-order valence-electron chi connectivity index (χ1n) is 6.63. The van der Waals surface area contributed by atoms with Crippen molar-refractivity contribution in [2.45, 2.75) is 65.8 Å². The summed E-state index contributed by atoms with van der Waals surface area (Å²) in [5, 5.41) is 0. The first-order chi connectivity index (χ1) is 7.33. The quantitative estimate of drug-likeness (QED) is 0.798. The number of carbonyl (C=O) groups is 1. The zero-order valence-corrected chi connectivity index (χ0v) is 11.3. The third-order valence-corrected chi connectivity index (χ3v) is 3.88. The molecular weight excluding hydrogens is 198 g/mol. The predicted octanol–water partition coefficient (Wildman–Crippen LogP) is 3.15. The normalized spacial score (nSPS) is 27.1. The van der Waals surface area contributed by atoms with Crippen molar-refractivity contribution in [1.82, 2.24) is 0 Å². The highest BCUT2D eigenvalue weighted by atomic mass is 16.1. The van der Waals surface area contributed by atoms with E-state index in [1.165, 1.54) is 12.8 Å². The molecule has 1 aliphatic carbocycles. The van der Waals surface area contributed by atoms with E-state index in [4.69, 9.17) is 5.73 Å². The fourth-order valence-corrected chi connectivity index (χ4v) is 3.00. The molecule has 0 heterocycles. The molecule has 2 nitrogen and oxygen atoms in total. The maximum absolute atomic E-state index is 12.1. The Kier molecular flexibility index (Phi) is 4.54. The van der Waals surface area contributed by atoms with Crippen molar-refractivity contribution in [2.24, 2.45) is 23.0 Å². The fourth-order valence-electron chi connectivity index (χ4n) is 3.00. The van der Waals surface area contributed by atoms with Gasteiger partial charge in [-0.3, -0.25) is 4.79 Å². The lowest BCUT2D eigenvalue weighted by Gasteiger charge is -2.33. The third kappa shape index (κ3) is 3.58. The fraction of sp³-hybridized carbons (Fsp3) is 0.929. The van der Waals surface area contributed by atoms with E-state index in [1.807, 2.05) is 13.8 Å². The summed E-state index contributed by atoms with van der Waals surface area (Å²) in [4.78, 5) is 12.1. The van der Waals surface area contributed by atoms with Crippen LogP contribution in [-0.2, 0) is 4.79 Å². The molecule has 0 amide bonds. The molecule has 1 fully saturated rings. The molecule has 0 unspecified atom stereocenters. The minimum atomic E-state index is -0.153. The molecule has 0 atom stereocenters. The lowest BCUT2D eigenvalue weighted by atomic mass is 9.71. The zero-order valence-electron chi connectivity index (χ0n) is 11.3. The summed E-state index contributed by atoms with van der Waals surface area (Å²) in [5.74, 6) is 1.26. The second-order valence-electron chi connectivity index (χ2n) is 6.39. The van der Waals surface area contributed by atoms with Crippen LogP contribution in [0.15, 0.2) is 0 Å². The second-order valence-corrected chi connectivity index (χ2v) is 6.39. The molecule has 0 aliphatic heterocycles. The molecule has 0 aromatic carbocycles. The van der Waals surface area contributed by atoms with E-state index in [0.29, 0.717) is 17.7 Å². The Morgan fingerprint density at radius 2 is 1.75 bits per heavy atom. The number of rotatable bonds is 4. The Morgan fingerprint density at radius 3 is 2.19 bits per heavy atom. The summed E-state index contributed by atoms with van der Waals surface area (Å²) in [6.07, 6.45) is 5.72. The van der Waals surface area contributed by atoms with Gasteiger partial charge in [0.15, 0.2) is 0 Å². The van der Waals surface area contributed by atoms with Crippen LogP contribution in [-0.4, -0.2) is 11.8 Å². The van der Waals surface area contributed by atoms with Gasteiger partial charge in [0.25, 0.3) is 0 Å². The van der Waals surface area contributed by atoms with E-state index in [0.717, 1.165) is 19.3 Å². The number of nitrogens with two attached hydrogens (primary N) is 1. The molecule has 1 aliphatic rings. The van der Waals surface area contributed by atoms with Crippen LogP contribution in [0.3, 0.4) is 0 Å². The van der Waals surface area contributed by atoms with Gasteiger partial charge in [-0.25, -0.2) is 0 Å². The van der Waals surface area contributed by atoms with Crippen LogP contribution in [0, 0.1) is 17.3 Å². The molecule has 94 valence electrons. The van der Waals surface area contributed by atoms with Gasteiger partial charge in [0.05, 0.1) is 0 Å². The number of hydrogen-bond acceptors (Lipinski definition) is 2. The predicted molar refractivity (Wildman–Crippen MR) is 68.2 cm³/mol. The van der Waals surface area contributed by atoms with Crippen molar-refractivity contribution < 1.29 is 4.79 Å². The van der Waals surface area contributed by atoms with Crippen LogP contribution in [0.5, 0.6) is 0 Å².